The van der Waals surface area contributed by atoms with Gasteiger partial charge in [-0.1, -0.05) is 29.8 Å². The van der Waals surface area contributed by atoms with Crippen molar-refractivity contribution in [2.45, 2.75) is 19.8 Å². The molecule has 0 radical (unpaired) electrons. The van der Waals surface area contributed by atoms with E-state index in [1.54, 1.807) is 13.0 Å². The van der Waals surface area contributed by atoms with Gasteiger partial charge in [0, 0.05) is 24.0 Å². The Morgan fingerprint density at radius 2 is 2.00 bits per heavy atom. The van der Waals surface area contributed by atoms with Crippen LogP contribution in [-0.2, 0) is 6.42 Å². The Kier molecular flexibility index (Phi) is 4.96. The first-order valence-electron chi connectivity index (χ1n) is 8.99. The standard InChI is InChI=1S/C21H18ClFN4O/c1-13-24-18(21(28)26-15-8-9-17(23)16(22)11-15)12-20(25-13)27-10-4-6-14-5-2-3-7-19(14)27/h2-3,5,7-9,11-12H,4,6,10H2,1H3,(H,26,28). The first kappa shape index (κ1) is 18.4. The van der Waals surface area contributed by atoms with Crippen molar-refractivity contribution < 1.29 is 9.18 Å². The number of anilines is 3. The van der Waals surface area contributed by atoms with E-state index in [0.29, 0.717) is 17.3 Å². The van der Waals surface area contributed by atoms with Crippen LogP contribution in [0.2, 0.25) is 5.02 Å². The van der Waals surface area contributed by atoms with E-state index in [2.05, 4.69) is 32.3 Å². The number of para-hydroxylation sites is 1. The lowest BCUT2D eigenvalue weighted by molar-refractivity contribution is 0.102. The largest absolute Gasteiger partial charge is 0.326 e. The van der Waals surface area contributed by atoms with Gasteiger partial charge in [0.25, 0.3) is 5.91 Å². The van der Waals surface area contributed by atoms with E-state index >= 15 is 0 Å². The van der Waals surface area contributed by atoms with Crippen LogP contribution in [0.4, 0.5) is 21.6 Å². The predicted octanol–water partition coefficient (Wildman–Crippen LogP) is 4.91. The molecule has 2 aromatic carbocycles. The van der Waals surface area contributed by atoms with E-state index in [4.69, 9.17) is 11.6 Å². The third-order valence-electron chi connectivity index (χ3n) is 4.62. The van der Waals surface area contributed by atoms with Gasteiger partial charge in [0.2, 0.25) is 0 Å². The maximum Gasteiger partial charge on any atom is 0.274 e. The highest BCUT2D eigenvalue weighted by molar-refractivity contribution is 6.31. The molecule has 0 saturated carbocycles. The number of aromatic nitrogens is 2. The number of nitrogens with zero attached hydrogens (tertiary/aromatic N) is 3. The molecule has 4 rings (SSSR count). The summed E-state index contributed by atoms with van der Waals surface area (Å²) in [5, 5.41) is 2.65. The summed E-state index contributed by atoms with van der Waals surface area (Å²) < 4.78 is 13.3. The van der Waals surface area contributed by atoms with Gasteiger partial charge in [-0.15, -0.1) is 0 Å². The Morgan fingerprint density at radius 1 is 1.18 bits per heavy atom. The number of carbonyl (C=O) groups excluding carboxylic acids is 1. The highest BCUT2D eigenvalue weighted by Gasteiger charge is 2.21. The van der Waals surface area contributed by atoms with Gasteiger partial charge in [-0.2, -0.15) is 0 Å². The summed E-state index contributed by atoms with van der Waals surface area (Å²) in [6, 6.07) is 13.9. The molecule has 1 aliphatic heterocycles. The molecule has 2 heterocycles. The highest BCUT2D eigenvalue weighted by atomic mass is 35.5. The van der Waals surface area contributed by atoms with Crippen LogP contribution in [0.25, 0.3) is 0 Å². The molecule has 0 atom stereocenters. The quantitative estimate of drug-likeness (QED) is 0.683. The maximum absolute atomic E-state index is 13.3. The third kappa shape index (κ3) is 3.68. The number of fused-ring (bicyclic) bond motifs is 1. The van der Waals surface area contributed by atoms with Crippen LogP contribution in [0.1, 0.15) is 28.3 Å². The van der Waals surface area contributed by atoms with E-state index in [1.165, 1.54) is 23.8 Å². The Morgan fingerprint density at radius 3 is 2.82 bits per heavy atom. The molecule has 5 nitrogen and oxygen atoms in total. The molecule has 0 aliphatic carbocycles. The molecule has 0 fully saturated rings. The summed E-state index contributed by atoms with van der Waals surface area (Å²) in [7, 11) is 0. The lowest BCUT2D eigenvalue weighted by atomic mass is 10.0. The van der Waals surface area contributed by atoms with Crippen LogP contribution in [0.3, 0.4) is 0 Å². The zero-order chi connectivity index (χ0) is 19.7. The molecule has 0 bridgehead atoms. The fraction of sp³-hybridized carbons (Fsp3) is 0.190. The van der Waals surface area contributed by atoms with E-state index in [9.17, 15) is 9.18 Å². The molecule has 142 valence electrons. The average Bonchev–Trinajstić information content (AvgIpc) is 2.70. The topological polar surface area (TPSA) is 58.1 Å². The Hall–Kier alpha value is -2.99. The number of amides is 1. The molecule has 0 unspecified atom stereocenters. The molecule has 0 saturated heterocycles. The SMILES string of the molecule is Cc1nc(C(=O)Nc2ccc(F)c(Cl)c2)cc(N2CCCc3ccccc32)n1. The van der Waals surface area contributed by atoms with Crippen molar-refractivity contribution in [1.82, 2.24) is 9.97 Å². The van der Waals surface area contributed by atoms with Crippen molar-refractivity contribution in [3.63, 3.8) is 0 Å². The molecular weight excluding hydrogens is 379 g/mol. The zero-order valence-electron chi connectivity index (χ0n) is 15.2. The molecular formula is C21H18ClFN4O. The number of hydrogen-bond acceptors (Lipinski definition) is 4. The number of aryl methyl sites for hydroxylation is 2. The molecule has 1 aromatic heterocycles. The zero-order valence-corrected chi connectivity index (χ0v) is 16.0. The Bertz CT molecular complexity index is 1060. The lowest BCUT2D eigenvalue weighted by Crippen LogP contribution is -2.26. The molecule has 1 N–H and O–H groups in total. The predicted molar refractivity (Wildman–Crippen MR) is 108 cm³/mol. The second-order valence-electron chi connectivity index (χ2n) is 6.63. The van der Waals surface area contributed by atoms with Crippen molar-refractivity contribution in [3.05, 3.63) is 76.5 Å². The average molecular weight is 397 g/mol. The van der Waals surface area contributed by atoms with Gasteiger partial charge in [0.05, 0.1) is 5.02 Å². The summed E-state index contributed by atoms with van der Waals surface area (Å²) >= 11 is 5.78. The number of carbonyl (C=O) groups is 1. The van der Waals surface area contributed by atoms with Gasteiger partial charge in [-0.3, -0.25) is 4.79 Å². The van der Waals surface area contributed by atoms with Gasteiger partial charge >= 0.3 is 0 Å². The van der Waals surface area contributed by atoms with Crippen molar-refractivity contribution in [1.29, 1.82) is 0 Å². The molecule has 7 heteroatoms. The second-order valence-corrected chi connectivity index (χ2v) is 7.03. The summed E-state index contributed by atoms with van der Waals surface area (Å²) in [5.41, 5.74) is 3.00. The van der Waals surface area contributed by atoms with Crippen LogP contribution < -0.4 is 10.2 Å². The second kappa shape index (κ2) is 7.56. The van der Waals surface area contributed by atoms with Crippen LogP contribution in [0, 0.1) is 12.7 Å². The van der Waals surface area contributed by atoms with Gasteiger partial charge < -0.3 is 10.2 Å². The van der Waals surface area contributed by atoms with E-state index in [0.717, 1.165) is 25.1 Å². The molecule has 1 aliphatic rings. The normalized spacial score (nSPS) is 13.2. The first-order valence-corrected chi connectivity index (χ1v) is 9.36. The van der Waals surface area contributed by atoms with E-state index in [1.807, 2.05) is 12.1 Å². The van der Waals surface area contributed by atoms with Crippen LogP contribution in [-0.4, -0.2) is 22.4 Å². The van der Waals surface area contributed by atoms with Crippen molar-refractivity contribution in [2.75, 3.05) is 16.8 Å². The van der Waals surface area contributed by atoms with Crippen molar-refractivity contribution in [3.8, 4) is 0 Å². The smallest absolute Gasteiger partial charge is 0.274 e. The van der Waals surface area contributed by atoms with Crippen molar-refractivity contribution >= 4 is 34.7 Å². The van der Waals surface area contributed by atoms with Crippen LogP contribution in [0.15, 0.2) is 48.5 Å². The minimum absolute atomic E-state index is 0.0534. The molecule has 1 amide bonds. The number of rotatable bonds is 3. The van der Waals surface area contributed by atoms with Gasteiger partial charge in [-0.25, -0.2) is 14.4 Å². The monoisotopic (exact) mass is 396 g/mol. The van der Waals surface area contributed by atoms with E-state index in [-0.39, 0.29) is 10.7 Å². The van der Waals surface area contributed by atoms with Gasteiger partial charge in [0.1, 0.15) is 23.2 Å². The number of benzene rings is 2. The number of nitrogens with one attached hydrogen (secondary N) is 1. The van der Waals surface area contributed by atoms with Gasteiger partial charge in [0.15, 0.2) is 0 Å². The summed E-state index contributed by atoms with van der Waals surface area (Å²) in [6.45, 7) is 2.58. The lowest BCUT2D eigenvalue weighted by Gasteiger charge is -2.30. The minimum atomic E-state index is -0.538. The fourth-order valence-corrected chi connectivity index (χ4v) is 3.53. The summed E-state index contributed by atoms with van der Waals surface area (Å²) in [6.07, 6.45) is 2.03. The summed E-state index contributed by atoms with van der Waals surface area (Å²) in [5.74, 6) is 0.244. The number of hydrogen-bond donors (Lipinski definition) is 1. The Balaban J connectivity index is 1.64. The van der Waals surface area contributed by atoms with Crippen LogP contribution >= 0.6 is 11.6 Å². The fourth-order valence-electron chi connectivity index (χ4n) is 3.35. The molecule has 3 aromatic rings. The third-order valence-corrected chi connectivity index (χ3v) is 4.91. The van der Waals surface area contributed by atoms with Crippen LogP contribution in [0.5, 0.6) is 0 Å². The summed E-state index contributed by atoms with van der Waals surface area (Å²) in [4.78, 5) is 23.6. The highest BCUT2D eigenvalue weighted by Crippen LogP contribution is 2.32. The first-order chi connectivity index (χ1) is 13.5. The molecule has 0 spiro atoms. The van der Waals surface area contributed by atoms with E-state index < -0.39 is 11.7 Å². The van der Waals surface area contributed by atoms with Crippen molar-refractivity contribution in [2.24, 2.45) is 0 Å². The number of halogens is 2. The van der Waals surface area contributed by atoms with Gasteiger partial charge in [-0.05, 0) is 49.6 Å². The maximum atomic E-state index is 13.3. The minimum Gasteiger partial charge on any atom is -0.326 e. The Labute approximate surface area is 167 Å². The molecule has 28 heavy (non-hydrogen) atoms.